The van der Waals surface area contributed by atoms with Crippen molar-refractivity contribution in [3.8, 4) is 0 Å². The summed E-state index contributed by atoms with van der Waals surface area (Å²) in [5, 5.41) is 17.2. The Morgan fingerprint density at radius 1 is 0.857 bits per heavy atom. The van der Waals surface area contributed by atoms with Crippen LogP contribution in [0.2, 0.25) is 0 Å². The molecule has 0 spiro atoms. The van der Waals surface area contributed by atoms with Crippen molar-refractivity contribution in [1.82, 2.24) is 0 Å². The molecule has 2 radical (unpaired) electrons. The average molecular weight is 250 g/mol. The Morgan fingerprint density at radius 2 is 1.07 bits per heavy atom. The quantitative estimate of drug-likeness (QED) is 0.563. The van der Waals surface area contributed by atoms with Crippen molar-refractivity contribution in [1.29, 1.82) is 0 Å². The van der Waals surface area contributed by atoms with Gasteiger partial charge < -0.3 is 10.2 Å². The predicted octanol–water partition coefficient (Wildman–Crippen LogP) is 0.511. The summed E-state index contributed by atoms with van der Waals surface area (Å²) in [6.07, 6.45) is 0.482. The van der Waals surface area contributed by atoms with Gasteiger partial charge in [-0.15, -0.1) is 0 Å². The minimum Gasteiger partial charge on any atom is -0.478 e. The van der Waals surface area contributed by atoms with E-state index in [-0.39, 0.29) is 127 Å². The average Bonchev–Trinajstić information content (AvgIpc) is 1.98. The largest absolute Gasteiger partial charge is 0.478 e. The van der Waals surface area contributed by atoms with Gasteiger partial charge in [-0.3, -0.25) is 0 Å². The molecule has 70 valence electrons. The van der Waals surface area contributed by atoms with Gasteiger partial charge in [0.25, 0.3) is 0 Å². The zero-order valence-electron chi connectivity index (χ0n) is 9.13. The fourth-order valence-electron chi connectivity index (χ4n) is 0.987. The molecule has 0 aromatic rings. The molecule has 0 rings (SSSR count). The van der Waals surface area contributed by atoms with Gasteiger partial charge in [-0.05, 0) is 12.8 Å². The van der Waals surface area contributed by atoms with Crippen LogP contribution in [0.5, 0.6) is 0 Å². The Kier molecular flexibility index (Phi) is 17.4. The third-order valence-corrected chi connectivity index (χ3v) is 1.59. The third kappa shape index (κ3) is 7.26. The van der Waals surface area contributed by atoms with Crippen molar-refractivity contribution >= 4 is 115 Å². The molecule has 0 saturated heterocycles. The van der Waals surface area contributed by atoms with Gasteiger partial charge in [0.15, 0.2) is 0 Å². The zero-order chi connectivity index (χ0) is 9.72. The van der Waals surface area contributed by atoms with Crippen LogP contribution in [-0.2, 0) is 9.59 Å². The van der Waals surface area contributed by atoms with Crippen LogP contribution in [0.1, 0.15) is 26.7 Å². The van der Waals surface area contributed by atoms with Crippen LogP contribution >= 0.6 is 0 Å². The summed E-state index contributed by atoms with van der Waals surface area (Å²) in [5.41, 5.74) is -0.0185. The van der Waals surface area contributed by atoms with E-state index in [1.165, 1.54) is 0 Å². The molecule has 0 heterocycles. The zero-order valence-corrected chi connectivity index (χ0v) is 15.4. The number of rotatable bonds is 4. The standard InChI is InChI=1S/C8H12O4.2K/c1-3-5(7(9)10)6(4-2)8(11)12;;/h3-4H2,1-2H3,(H,9,10)(H,11,12);;/b6-5-;;. The van der Waals surface area contributed by atoms with Gasteiger partial charge in [0.1, 0.15) is 0 Å². The molecule has 4 nitrogen and oxygen atoms in total. The van der Waals surface area contributed by atoms with Crippen LogP contribution in [0, 0.1) is 0 Å². The number of carboxylic acids is 2. The molecule has 0 amide bonds. The first-order valence-electron chi connectivity index (χ1n) is 3.73. The smallest absolute Gasteiger partial charge is 0.332 e. The summed E-state index contributed by atoms with van der Waals surface area (Å²) in [7, 11) is 0. The number of carbonyl (C=O) groups is 2. The van der Waals surface area contributed by atoms with E-state index in [9.17, 15) is 9.59 Å². The van der Waals surface area contributed by atoms with Crippen molar-refractivity contribution in [2.45, 2.75) is 26.7 Å². The maximum atomic E-state index is 10.5. The first-order valence-corrected chi connectivity index (χ1v) is 3.73. The molecule has 0 aliphatic rings. The molecule has 6 heteroatoms. The second kappa shape index (κ2) is 11.4. The molecule has 14 heavy (non-hydrogen) atoms. The molecule has 0 aromatic heterocycles. The number of aliphatic carboxylic acids is 2. The maximum absolute atomic E-state index is 10.5. The van der Waals surface area contributed by atoms with Gasteiger partial charge in [-0.2, -0.15) is 0 Å². The Morgan fingerprint density at radius 3 is 1.14 bits per heavy atom. The molecule has 0 atom stereocenters. The van der Waals surface area contributed by atoms with Crippen molar-refractivity contribution in [3.05, 3.63) is 11.1 Å². The topological polar surface area (TPSA) is 74.6 Å². The van der Waals surface area contributed by atoms with Crippen molar-refractivity contribution in [2.75, 3.05) is 0 Å². The van der Waals surface area contributed by atoms with Crippen molar-refractivity contribution in [3.63, 3.8) is 0 Å². The molecular formula is C8H12K2O4. The monoisotopic (exact) mass is 250 g/mol. The molecule has 0 fully saturated rings. The van der Waals surface area contributed by atoms with E-state index in [0.717, 1.165) is 0 Å². The summed E-state index contributed by atoms with van der Waals surface area (Å²) < 4.78 is 0. The Bertz CT molecular complexity index is 211. The summed E-state index contributed by atoms with van der Waals surface area (Å²) >= 11 is 0. The SMILES string of the molecule is CC/C(C(=O)O)=C(\CC)C(=O)O.[K].[K]. The minimum absolute atomic E-state index is 0. The summed E-state index contributed by atoms with van der Waals surface area (Å²) in [4.78, 5) is 21.0. The molecule has 0 unspecified atom stereocenters. The van der Waals surface area contributed by atoms with E-state index in [1.807, 2.05) is 0 Å². The first-order chi connectivity index (χ1) is 5.54. The number of hydrogen-bond acceptors (Lipinski definition) is 2. The fraction of sp³-hybridized carbons (Fsp3) is 0.500. The minimum atomic E-state index is -1.14. The molecular weight excluding hydrogens is 238 g/mol. The molecule has 2 N–H and O–H groups in total. The molecule has 0 aromatic carbocycles. The van der Waals surface area contributed by atoms with Crippen LogP contribution in [0.15, 0.2) is 11.1 Å². The normalized spacial score (nSPS) is 10.4. The maximum Gasteiger partial charge on any atom is 0.332 e. The van der Waals surface area contributed by atoms with Crippen LogP contribution in [0.25, 0.3) is 0 Å². The summed E-state index contributed by atoms with van der Waals surface area (Å²) in [5.74, 6) is -2.28. The van der Waals surface area contributed by atoms with Crippen LogP contribution < -0.4 is 0 Å². The van der Waals surface area contributed by atoms with Gasteiger partial charge in [0.2, 0.25) is 0 Å². The molecule has 0 aliphatic carbocycles. The van der Waals surface area contributed by atoms with Crippen molar-refractivity contribution < 1.29 is 19.8 Å². The second-order valence-corrected chi connectivity index (χ2v) is 2.27. The Hall–Kier alpha value is 1.95. The van der Waals surface area contributed by atoms with E-state index >= 15 is 0 Å². The van der Waals surface area contributed by atoms with Gasteiger partial charge in [-0.1, -0.05) is 13.8 Å². The van der Waals surface area contributed by atoms with Crippen LogP contribution in [0.3, 0.4) is 0 Å². The summed E-state index contributed by atoms with van der Waals surface area (Å²) in [6.45, 7) is 3.25. The molecule has 0 saturated carbocycles. The van der Waals surface area contributed by atoms with E-state index < -0.39 is 11.9 Å². The van der Waals surface area contributed by atoms with Crippen molar-refractivity contribution in [2.24, 2.45) is 0 Å². The fourth-order valence-corrected chi connectivity index (χ4v) is 0.987. The summed E-state index contributed by atoms with van der Waals surface area (Å²) in [6, 6.07) is 0. The van der Waals surface area contributed by atoms with Gasteiger partial charge in [-0.25, -0.2) is 9.59 Å². The van der Waals surface area contributed by atoms with Gasteiger partial charge in [0.05, 0.1) is 0 Å². The van der Waals surface area contributed by atoms with E-state index in [4.69, 9.17) is 10.2 Å². The van der Waals surface area contributed by atoms with Gasteiger partial charge >= 0.3 is 11.9 Å². The second-order valence-electron chi connectivity index (χ2n) is 2.27. The first kappa shape index (κ1) is 21.3. The van der Waals surface area contributed by atoms with E-state index in [2.05, 4.69) is 0 Å². The molecule has 0 bridgehead atoms. The Balaban J connectivity index is -0.000000605. The predicted molar refractivity (Wildman–Crippen MR) is 54.4 cm³/mol. The third-order valence-electron chi connectivity index (χ3n) is 1.59. The van der Waals surface area contributed by atoms with E-state index in [1.54, 1.807) is 13.8 Å². The Labute approximate surface area is 168 Å². The van der Waals surface area contributed by atoms with E-state index in [0.29, 0.717) is 0 Å². The number of hydrogen-bond donors (Lipinski definition) is 2. The number of carboxylic acid groups (broad SMARTS) is 2. The van der Waals surface area contributed by atoms with Crippen LogP contribution in [-0.4, -0.2) is 125 Å². The van der Waals surface area contributed by atoms with Gasteiger partial charge in [0, 0.05) is 114 Å². The van der Waals surface area contributed by atoms with Crippen LogP contribution in [0.4, 0.5) is 0 Å². The molecule has 0 aliphatic heterocycles.